The molecule has 1 aromatic heterocycles. The predicted molar refractivity (Wildman–Crippen MR) is 74.7 cm³/mol. The number of halogens is 2. The van der Waals surface area contributed by atoms with Crippen LogP contribution in [0, 0.1) is 5.82 Å². The van der Waals surface area contributed by atoms with E-state index < -0.39 is 0 Å². The molecule has 1 N–H and O–H groups in total. The summed E-state index contributed by atoms with van der Waals surface area (Å²) in [5.41, 5.74) is 0.905. The van der Waals surface area contributed by atoms with Crippen molar-refractivity contribution in [2.75, 3.05) is 6.54 Å². The molecule has 1 unspecified atom stereocenters. The molecule has 2 rings (SSSR count). The van der Waals surface area contributed by atoms with E-state index in [4.69, 9.17) is 11.6 Å². The highest BCUT2D eigenvalue weighted by atomic mass is 35.5. The van der Waals surface area contributed by atoms with Crippen molar-refractivity contribution < 1.29 is 4.39 Å². The maximum atomic E-state index is 13.0. The van der Waals surface area contributed by atoms with Crippen LogP contribution in [0.15, 0.2) is 30.6 Å². The zero-order chi connectivity index (χ0) is 13.8. The maximum Gasteiger partial charge on any atom is 0.124 e. The van der Waals surface area contributed by atoms with Crippen LogP contribution in [0.1, 0.15) is 24.4 Å². The summed E-state index contributed by atoms with van der Waals surface area (Å²) in [7, 11) is 1.97. The van der Waals surface area contributed by atoms with Crippen LogP contribution in [0.5, 0.6) is 0 Å². The van der Waals surface area contributed by atoms with Crippen LogP contribution in [0.25, 0.3) is 0 Å². The predicted octanol–water partition coefficient (Wildman–Crippen LogP) is 3.11. The smallest absolute Gasteiger partial charge is 0.124 e. The van der Waals surface area contributed by atoms with Gasteiger partial charge in [0.25, 0.3) is 0 Å². The minimum absolute atomic E-state index is 0.0772. The Balaban J connectivity index is 1.91. The monoisotopic (exact) mass is 281 g/mol. The minimum Gasteiger partial charge on any atom is -0.338 e. The minimum atomic E-state index is -0.311. The SMILES string of the molecule is CC(NCCc1nccn1C)c1ccc(F)cc1Cl. The van der Waals surface area contributed by atoms with Crippen molar-refractivity contribution in [1.29, 1.82) is 0 Å². The molecule has 0 bridgehead atoms. The lowest BCUT2D eigenvalue weighted by Gasteiger charge is -2.15. The van der Waals surface area contributed by atoms with Crippen molar-refractivity contribution in [3.63, 3.8) is 0 Å². The molecule has 0 saturated carbocycles. The second-order valence-electron chi connectivity index (χ2n) is 4.55. The van der Waals surface area contributed by atoms with Crippen molar-refractivity contribution in [1.82, 2.24) is 14.9 Å². The molecule has 2 aromatic rings. The number of imidazole rings is 1. The highest BCUT2D eigenvalue weighted by Crippen LogP contribution is 2.23. The van der Waals surface area contributed by atoms with E-state index in [1.807, 2.05) is 24.7 Å². The summed E-state index contributed by atoms with van der Waals surface area (Å²) in [5.74, 6) is 0.721. The number of nitrogens with zero attached hydrogens (tertiary/aromatic N) is 2. The Morgan fingerprint density at radius 3 is 2.89 bits per heavy atom. The third kappa shape index (κ3) is 3.55. The Bertz CT molecular complexity index is 553. The van der Waals surface area contributed by atoms with Crippen LogP contribution < -0.4 is 5.32 Å². The van der Waals surface area contributed by atoms with Gasteiger partial charge < -0.3 is 9.88 Å². The fourth-order valence-corrected chi connectivity index (χ4v) is 2.33. The Hall–Kier alpha value is -1.39. The van der Waals surface area contributed by atoms with E-state index in [2.05, 4.69) is 10.3 Å². The van der Waals surface area contributed by atoms with Gasteiger partial charge in [-0.25, -0.2) is 9.37 Å². The number of aromatic nitrogens is 2. The Morgan fingerprint density at radius 1 is 1.47 bits per heavy atom. The summed E-state index contributed by atoms with van der Waals surface area (Å²) in [4.78, 5) is 4.26. The molecule has 0 aliphatic carbocycles. The Labute approximate surface area is 117 Å². The molecule has 0 saturated heterocycles. The van der Waals surface area contributed by atoms with Crippen LogP contribution in [-0.4, -0.2) is 16.1 Å². The normalized spacial score (nSPS) is 12.6. The quantitative estimate of drug-likeness (QED) is 0.913. The summed E-state index contributed by atoms with van der Waals surface area (Å²) in [6.45, 7) is 2.80. The van der Waals surface area contributed by atoms with Crippen molar-refractivity contribution in [3.05, 3.63) is 52.8 Å². The van der Waals surface area contributed by atoms with Gasteiger partial charge in [-0.15, -0.1) is 0 Å². The van der Waals surface area contributed by atoms with E-state index in [0.717, 1.165) is 24.4 Å². The zero-order valence-electron chi connectivity index (χ0n) is 11.0. The highest BCUT2D eigenvalue weighted by molar-refractivity contribution is 6.31. The number of hydrogen-bond donors (Lipinski definition) is 1. The molecular weight excluding hydrogens is 265 g/mol. The van der Waals surface area contributed by atoms with E-state index in [9.17, 15) is 4.39 Å². The van der Waals surface area contributed by atoms with Crippen LogP contribution in [0.3, 0.4) is 0 Å². The fraction of sp³-hybridized carbons (Fsp3) is 0.357. The number of nitrogens with one attached hydrogen (secondary N) is 1. The lowest BCUT2D eigenvalue weighted by molar-refractivity contribution is 0.562. The molecule has 19 heavy (non-hydrogen) atoms. The molecule has 1 heterocycles. The first kappa shape index (κ1) is 14.0. The van der Waals surface area contributed by atoms with Crippen molar-refractivity contribution >= 4 is 11.6 Å². The van der Waals surface area contributed by atoms with Crippen LogP contribution in [0.2, 0.25) is 5.02 Å². The largest absolute Gasteiger partial charge is 0.338 e. The molecule has 5 heteroatoms. The summed E-state index contributed by atoms with van der Waals surface area (Å²) >= 11 is 6.03. The van der Waals surface area contributed by atoms with Gasteiger partial charge in [0.05, 0.1) is 0 Å². The molecule has 3 nitrogen and oxygen atoms in total. The van der Waals surface area contributed by atoms with E-state index in [0.29, 0.717) is 5.02 Å². The summed E-state index contributed by atoms with van der Waals surface area (Å²) in [6.07, 6.45) is 4.55. The molecule has 1 atom stereocenters. The van der Waals surface area contributed by atoms with E-state index in [1.165, 1.54) is 12.1 Å². The first-order valence-corrected chi connectivity index (χ1v) is 6.60. The Morgan fingerprint density at radius 2 is 2.26 bits per heavy atom. The molecule has 0 spiro atoms. The fourth-order valence-electron chi connectivity index (χ4n) is 2.00. The second kappa shape index (κ2) is 6.17. The zero-order valence-corrected chi connectivity index (χ0v) is 11.8. The molecular formula is C14H17ClFN3. The van der Waals surface area contributed by atoms with E-state index in [-0.39, 0.29) is 11.9 Å². The standard InChI is InChI=1S/C14H17ClFN3/c1-10(12-4-3-11(16)9-13(12)15)17-6-5-14-18-7-8-19(14)2/h3-4,7-10,17H,5-6H2,1-2H3. The van der Waals surface area contributed by atoms with Gasteiger partial charge in [0.1, 0.15) is 11.6 Å². The van der Waals surface area contributed by atoms with Gasteiger partial charge in [-0.2, -0.15) is 0 Å². The van der Waals surface area contributed by atoms with Crippen LogP contribution in [0.4, 0.5) is 4.39 Å². The molecule has 1 aromatic carbocycles. The van der Waals surface area contributed by atoms with Gasteiger partial charge >= 0.3 is 0 Å². The van der Waals surface area contributed by atoms with E-state index in [1.54, 1.807) is 12.3 Å². The molecule has 102 valence electrons. The molecule has 0 fully saturated rings. The third-order valence-electron chi connectivity index (χ3n) is 3.15. The van der Waals surface area contributed by atoms with Crippen molar-refractivity contribution in [3.8, 4) is 0 Å². The lowest BCUT2D eigenvalue weighted by Crippen LogP contribution is -2.22. The number of aryl methyl sites for hydroxylation is 1. The van der Waals surface area contributed by atoms with E-state index >= 15 is 0 Å². The third-order valence-corrected chi connectivity index (χ3v) is 3.48. The molecule has 0 radical (unpaired) electrons. The van der Waals surface area contributed by atoms with Gasteiger partial charge in [-0.1, -0.05) is 17.7 Å². The number of rotatable bonds is 5. The van der Waals surface area contributed by atoms with Gasteiger partial charge in [0.2, 0.25) is 0 Å². The average molecular weight is 282 g/mol. The first-order chi connectivity index (χ1) is 9.08. The van der Waals surface area contributed by atoms with Crippen LogP contribution in [-0.2, 0) is 13.5 Å². The number of hydrogen-bond acceptors (Lipinski definition) is 2. The summed E-state index contributed by atoms with van der Waals surface area (Å²) in [5, 5.41) is 3.82. The topological polar surface area (TPSA) is 29.9 Å². The summed E-state index contributed by atoms with van der Waals surface area (Å²) < 4.78 is 15.0. The molecule has 0 aliphatic heterocycles. The van der Waals surface area contributed by atoms with Gasteiger partial charge in [-0.3, -0.25) is 0 Å². The molecule has 0 aliphatic rings. The molecule has 0 amide bonds. The highest BCUT2D eigenvalue weighted by Gasteiger charge is 2.10. The maximum absolute atomic E-state index is 13.0. The van der Waals surface area contributed by atoms with Gasteiger partial charge in [0.15, 0.2) is 0 Å². The Kier molecular flexibility index (Phi) is 4.56. The first-order valence-electron chi connectivity index (χ1n) is 6.22. The van der Waals surface area contributed by atoms with Crippen LogP contribution >= 0.6 is 11.6 Å². The van der Waals surface area contributed by atoms with Crippen molar-refractivity contribution in [2.45, 2.75) is 19.4 Å². The second-order valence-corrected chi connectivity index (χ2v) is 4.95. The van der Waals surface area contributed by atoms with Gasteiger partial charge in [0, 0.05) is 43.5 Å². The van der Waals surface area contributed by atoms with Crippen molar-refractivity contribution in [2.24, 2.45) is 7.05 Å². The van der Waals surface area contributed by atoms with Gasteiger partial charge in [-0.05, 0) is 24.6 Å². The average Bonchev–Trinajstić information content (AvgIpc) is 2.75. The number of benzene rings is 1. The summed E-state index contributed by atoms with van der Waals surface area (Å²) in [6, 6.07) is 4.57. The lowest BCUT2D eigenvalue weighted by atomic mass is 10.1.